The van der Waals surface area contributed by atoms with E-state index in [0.717, 1.165) is 23.3 Å². The molecule has 3 aromatic carbocycles. The number of rotatable bonds is 8. The molecule has 8 heteroatoms. The normalized spacial score (nSPS) is 12.8. The molecule has 32 heavy (non-hydrogen) atoms. The standard InChI is InChI=1S/C24H20N2O6/c1-17(21-14-13-20(25(28)29)16-22(21)26(30)31)24(27)32-23(19-10-6-3-7-11-19)15-12-18-8-4-2-5-9-18/h2-17,23H,1H3/b15-12+. The molecule has 0 saturated heterocycles. The molecule has 0 bridgehead atoms. The Morgan fingerprint density at radius 2 is 1.53 bits per heavy atom. The number of non-ortho nitro benzene ring substituents is 1. The topological polar surface area (TPSA) is 113 Å². The fourth-order valence-corrected chi connectivity index (χ4v) is 3.15. The zero-order chi connectivity index (χ0) is 23.1. The molecule has 0 N–H and O–H groups in total. The van der Waals surface area contributed by atoms with Crippen molar-refractivity contribution in [3.8, 4) is 0 Å². The molecule has 0 aliphatic heterocycles. The van der Waals surface area contributed by atoms with Gasteiger partial charge >= 0.3 is 5.97 Å². The maximum Gasteiger partial charge on any atom is 0.314 e. The number of hydrogen-bond donors (Lipinski definition) is 0. The van der Waals surface area contributed by atoms with Gasteiger partial charge in [0.1, 0.15) is 6.10 Å². The van der Waals surface area contributed by atoms with Crippen LogP contribution in [0.4, 0.5) is 11.4 Å². The van der Waals surface area contributed by atoms with E-state index in [0.29, 0.717) is 0 Å². The van der Waals surface area contributed by atoms with Crippen molar-refractivity contribution in [2.24, 2.45) is 0 Å². The highest BCUT2D eigenvalue weighted by Gasteiger charge is 2.29. The van der Waals surface area contributed by atoms with Crippen LogP contribution in [0.1, 0.15) is 35.6 Å². The van der Waals surface area contributed by atoms with Gasteiger partial charge in [0.25, 0.3) is 11.4 Å². The second-order valence-corrected chi connectivity index (χ2v) is 7.02. The van der Waals surface area contributed by atoms with Gasteiger partial charge in [-0.15, -0.1) is 0 Å². The number of carbonyl (C=O) groups excluding carboxylic acids is 1. The van der Waals surface area contributed by atoms with E-state index in [2.05, 4.69) is 0 Å². The molecule has 0 aliphatic carbocycles. The molecule has 0 radical (unpaired) electrons. The van der Waals surface area contributed by atoms with Crippen molar-refractivity contribution in [3.05, 3.63) is 122 Å². The zero-order valence-corrected chi connectivity index (χ0v) is 17.2. The van der Waals surface area contributed by atoms with Crippen molar-refractivity contribution in [2.45, 2.75) is 18.9 Å². The first-order chi connectivity index (χ1) is 15.4. The van der Waals surface area contributed by atoms with Crippen molar-refractivity contribution < 1.29 is 19.4 Å². The van der Waals surface area contributed by atoms with Gasteiger partial charge < -0.3 is 4.74 Å². The van der Waals surface area contributed by atoms with Gasteiger partial charge in [-0.25, -0.2) is 0 Å². The summed E-state index contributed by atoms with van der Waals surface area (Å²) in [5.74, 6) is -1.69. The quantitative estimate of drug-likeness (QED) is 0.260. The maximum absolute atomic E-state index is 12.9. The molecule has 0 amide bonds. The SMILES string of the molecule is CC(C(=O)OC(/C=C/c1ccccc1)c1ccccc1)c1ccc([N+](=O)[O-])cc1[N+](=O)[O-]. The first-order valence-electron chi connectivity index (χ1n) is 9.78. The van der Waals surface area contributed by atoms with Crippen LogP contribution in [0.5, 0.6) is 0 Å². The minimum absolute atomic E-state index is 0.0458. The van der Waals surface area contributed by atoms with Crippen LogP contribution in [0.3, 0.4) is 0 Å². The van der Waals surface area contributed by atoms with Gasteiger partial charge in [-0.3, -0.25) is 25.0 Å². The second-order valence-electron chi connectivity index (χ2n) is 7.02. The highest BCUT2D eigenvalue weighted by atomic mass is 16.6. The summed E-state index contributed by atoms with van der Waals surface area (Å²) in [6.07, 6.45) is 2.84. The summed E-state index contributed by atoms with van der Waals surface area (Å²) in [4.78, 5) is 33.9. The molecule has 3 rings (SSSR count). The van der Waals surface area contributed by atoms with E-state index in [1.165, 1.54) is 13.0 Å². The van der Waals surface area contributed by atoms with E-state index in [1.807, 2.05) is 66.7 Å². The average molecular weight is 432 g/mol. The number of benzene rings is 3. The molecule has 2 unspecified atom stereocenters. The third kappa shape index (κ3) is 5.42. The molecule has 0 saturated carbocycles. The summed E-state index contributed by atoms with van der Waals surface area (Å²) >= 11 is 0. The van der Waals surface area contributed by atoms with Crippen LogP contribution in [0.2, 0.25) is 0 Å². The van der Waals surface area contributed by atoms with E-state index >= 15 is 0 Å². The van der Waals surface area contributed by atoms with Crippen LogP contribution in [-0.2, 0) is 9.53 Å². The average Bonchev–Trinajstić information content (AvgIpc) is 2.81. The third-order valence-electron chi connectivity index (χ3n) is 4.88. The van der Waals surface area contributed by atoms with Gasteiger partial charge in [-0.1, -0.05) is 66.7 Å². The Morgan fingerprint density at radius 1 is 0.906 bits per heavy atom. The minimum Gasteiger partial charge on any atom is -0.453 e. The Labute approximate surface area is 184 Å². The van der Waals surface area contributed by atoms with Crippen LogP contribution in [0.25, 0.3) is 6.08 Å². The number of esters is 1. The molecule has 8 nitrogen and oxygen atoms in total. The van der Waals surface area contributed by atoms with E-state index in [4.69, 9.17) is 4.74 Å². The third-order valence-corrected chi connectivity index (χ3v) is 4.88. The molecule has 0 heterocycles. The van der Waals surface area contributed by atoms with E-state index in [9.17, 15) is 25.0 Å². The predicted octanol–water partition coefficient (Wildman–Crippen LogP) is 5.60. The fraction of sp³-hybridized carbons (Fsp3) is 0.125. The van der Waals surface area contributed by atoms with Crippen molar-refractivity contribution >= 4 is 23.4 Å². The van der Waals surface area contributed by atoms with E-state index in [1.54, 1.807) is 6.08 Å². The van der Waals surface area contributed by atoms with Gasteiger partial charge in [0.05, 0.1) is 21.8 Å². The Morgan fingerprint density at radius 3 is 2.12 bits per heavy atom. The van der Waals surface area contributed by atoms with Gasteiger partial charge in [0.2, 0.25) is 0 Å². The molecule has 0 spiro atoms. The van der Waals surface area contributed by atoms with Gasteiger partial charge in [0, 0.05) is 11.6 Å². The van der Waals surface area contributed by atoms with Crippen molar-refractivity contribution in [2.75, 3.05) is 0 Å². The van der Waals surface area contributed by atoms with Crippen LogP contribution >= 0.6 is 0 Å². The van der Waals surface area contributed by atoms with Crippen molar-refractivity contribution in [3.63, 3.8) is 0 Å². The first kappa shape index (κ1) is 22.4. The first-order valence-corrected chi connectivity index (χ1v) is 9.78. The van der Waals surface area contributed by atoms with Gasteiger partial charge in [-0.2, -0.15) is 0 Å². The highest BCUT2D eigenvalue weighted by Crippen LogP contribution is 2.32. The van der Waals surface area contributed by atoms with Gasteiger partial charge in [-0.05, 0) is 30.2 Å². The van der Waals surface area contributed by atoms with Gasteiger partial charge in [0.15, 0.2) is 0 Å². The predicted molar refractivity (Wildman–Crippen MR) is 119 cm³/mol. The van der Waals surface area contributed by atoms with Crippen molar-refractivity contribution in [1.82, 2.24) is 0 Å². The number of ether oxygens (including phenoxy) is 1. The lowest BCUT2D eigenvalue weighted by molar-refractivity contribution is -0.394. The van der Waals surface area contributed by atoms with Crippen LogP contribution in [-0.4, -0.2) is 15.8 Å². The molecule has 0 fully saturated rings. The summed E-state index contributed by atoms with van der Waals surface area (Å²) in [6.45, 7) is 1.47. The molecular formula is C24H20N2O6. The number of nitrogens with zero attached hydrogens (tertiary/aromatic N) is 2. The number of hydrogen-bond acceptors (Lipinski definition) is 6. The number of carbonyl (C=O) groups is 1. The Balaban J connectivity index is 1.88. The monoisotopic (exact) mass is 432 g/mol. The smallest absolute Gasteiger partial charge is 0.314 e. The highest BCUT2D eigenvalue weighted by molar-refractivity contribution is 5.80. The van der Waals surface area contributed by atoms with Crippen LogP contribution in [0.15, 0.2) is 84.9 Å². The number of nitro groups is 2. The maximum atomic E-state index is 12.9. The molecule has 3 aromatic rings. The molecular weight excluding hydrogens is 412 g/mol. The molecule has 0 aromatic heterocycles. The van der Waals surface area contributed by atoms with E-state index < -0.39 is 39.2 Å². The van der Waals surface area contributed by atoms with Crippen LogP contribution in [0, 0.1) is 20.2 Å². The molecule has 2 atom stereocenters. The Kier molecular flexibility index (Phi) is 7.07. The summed E-state index contributed by atoms with van der Waals surface area (Å²) in [7, 11) is 0. The lowest BCUT2D eigenvalue weighted by atomic mass is 9.98. The van der Waals surface area contributed by atoms with Crippen molar-refractivity contribution in [1.29, 1.82) is 0 Å². The molecule has 0 aliphatic rings. The lowest BCUT2D eigenvalue weighted by Gasteiger charge is -2.18. The minimum atomic E-state index is -1.01. The summed E-state index contributed by atoms with van der Waals surface area (Å²) in [5, 5.41) is 22.4. The second kappa shape index (κ2) is 10.1. The fourth-order valence-electron chi connectivity index (χ4n) is 3.15. The Hall–Kier alpha value is -4.33. The summed E-state index contributed by atoms with van der Waals surface area (Å²) in [6, 6.07) is 21.8. The Bertz CT molecular complexity index is 1150. The zero-order valence-electron chi connectivity index (χ0n) is 17.2. The summed E-state index contributed by atoms with van der Waals surface area (Å²) < 4.78 is 5.70. The van der Waals surface area contributed by atoms with E-state index in [-0.39, 0.29) is 5.56 Å². The van der Waals surface area contributed by atoms with Crippen LogP contribution < -0.4 is 0 Å². The largest absolute Gasteiger partial charge is 0.453 e. The lowest BCUT2D eigenvalue weighted by Crippen LogP contribution is -2.17. The number of nitro benzene ring substituents is 2. The molecule has 162 valence electrons. The summed E-state index contributed by atoms with van der Waals surface area (Å²) in [5.41, 5.74) is 0.778.